The summed E-state index contributed by atoms with van der Waals surface area (Å²) in [6.45, 7) is 1.85. The zero-order valence-corrected chi connectivity index (χ0v) is 15.2. The number of hydrogen-bond donors (Lipinski definition) is 3. The Labute approximate surface area is 158 Å². The van der Waals surface area contributed by atoms with Gasteiger partial charge in [0.2, 0.25) is 5.91 Å². The molecule has 0 heterocycles. The molecule has 0 aliphatic heterocycles. The van der Waals surface area contributed by atoms with Gasteiger partial charge < -0.3 is 15.7 Å². The molecule has 2 unspecified atom stereocenters. The Balaban J connectivity index is 2.16. The number of rotatable bonds is 9. The lowest BCUT2D eigenvalue weighted by Gasteiger charge is -2.21. The van der Waals surface area contributed by atoms with Crippen LogP contribution in [0.5, 0.6) is 0 Å². The Morgan fingerprint density at radius 2 is 1.48 bits per heavy atom. The third-order valence-corrected chi connectivity index (χ3v) is 4.13. The largest absolute Gasteiger partial charge is 0.480 e. The van der Waals surface area contributed by atoms with Crippen LogP contribution in [-0.4, -0.2) is 35.0 Å². The van der Waals surface area contributed by atoms with Gasteiger partial charge in [-0.05, 0) is 24.1 Å². The maximum atomic E-state index is 12.7. The Bertz CT molecular complexity index is 762. The van der Waals surface area contributed by atoms with Crippen LogP contribution >= 0.6 is 0 Å². The molecule has 2 aromatic rings. The smallest absolute Gasteiger partial charge is 0.326 e. The maximum absolute atomic E-state index is 12.7. The second-order valence-corrected chi connectivity index (χ2v) is 6.27. The molecule has 2 aromatic carbocycles. The van der Waals surface area contributed by atoms with Crippen LogP contribution in [0.4, 0.5) is 0 Å². The minimum Gasteiger partial charge on any atom is -0.480 e. The third kappa shape index (κ3) is 6.26. The number of hydrogen-bond acceptors (Lipinski definition) is 3. The van der Waals surface area contributed by atoms with Gasteiger partial charge in [0.05, 0.1) is 0 Å². The summed E-state index contributed by atoms with van der Waals surface area (Å²) in [5.74, 6) is -1.98. The predicted octanol–water partition coefficient (Wildman–Crippen LogP) is 2.40. The Morgan fingerprint density at radius 1 is 0.889 bits per heavy atom. The summed E-state index contributed by atoms with van der Waals surface area (Å²) in [5.41, 5.74) is 1.31. The van der Waals surface area contributed by atoms with Crippen molar-refractivity contribution in [3.05, 3.63) is 71.8 Å². The van der Waals surface area contributed by atoms with Crippen LogP contribution in [0.3, 0.4) is 0 Å². The van der Waals surface area contributed by atoms with Crippen LogP contribution in [0.15, 0.2) is 60.7 Å². The van der Waals surface area contributed by atoms with Crippen molar-refractivity contribution >= 4 is 17.8 Å². The van der Waals surface area contributed by atoms with Gasteiger partial charge in [-0.25, -0.2) is 4.79 Å². The van der Waals surface area contributed by atoms with E-state index in [4.69, 9.17) is 0 Å². The number of carboxylic acid groups (broad SMARTS) is 1. The van der Waals surface area contributed by atoms with Crippen molar-refractivity contribution in [1.82, 2.24) is 10.6 Å². The van der Waals surface area contributed by atoms with E-state index >= 15 is 0 Å². The molecule has 27 heavy (non-hydrogen) atoms. The molecule has 142 valence electrons. The van der Waals surface area contributed by atoms with Gasteiger partial charge in [0.25, 0.3) is 5.91 Å². The first kappa shape index (κ1) is 20.2. The average molecular weight is 368 g/mol. The number of benzene rings is 2. The van der Waals surface area contributed by atoms with E-state index in [1.54, 1.807) is 30.3 Å². The number of carboxylic acids is 1. The van der Waals surface area contributed by atoms with Crippen molar-refractivity contribution in [1.29, 1.82) is 0 Å². The molecular formula is C21H24N2O4. The minimum absolute atomic E-state index is 0.268. The van der Waals surface area contributed by atoms with Gasteiger partial charge in [-0.15, -0.1) is 0 Å². The highest BCUT2D eigenvalue weighted by atomic mass is 16.4. The number of carbonyl (C=O) groups excluding carboxylic acids is 2. The lowest BCUT2D eigenvalue weighted by Crippen LogP contribution is -2.52. The molecule has 0 aromatic heterocycles. The second kappa shape index (κ2) is 10.1. The Morgan fingerprint density at radius 3 is 2.04 bits per heavy atom. The zero-order chi connectivity index (χ0) is 19.6. The van der Waals surface area contributed by atoms with E-state index in [0.29, 0.717) is 18.4 Å². The molecule has 0 bridgehead atoms. The summed E-state index contributed by atoms with van der Waals surface area (Å²) >= 11 is 0. The molecule has 3 N–H and O–H groups in total. The van der Waals surface area contributed by atoms with E-state index in [0.717, 1.165) is 5.56 Å². The van der Waals surface area contributed by atoms with Crippen molar-refractivity contribution in [3.63, 3.8) is 0 Å². The van der Waals surface area contributed by atoms with E-state index in [2.05, 4.69) is 10.6 Å². The minimum atomic E-state index is -1.09. The normalized spacial score (nSPS) is 12.6. The summed E-state index contributed by atoms with van der Waals surface area (Å²) < 4.78 is 0. The van der Waals surface area contributed by atoms with Crippen molar-refractivity contribution < 1.29 is 19.5 Å². The van der Waals surface area contributed by atoms with Crippen molar-refractivity contribution in [2.24, 2.45) is 0 Å². The van der Waals surface area contributed by atoms with Gasteiger partial charge in [0.15, 0.2) is 0 Å². The molecule has 0 saturated heterocycles. The number of nitrogens with one attached hydrogen (secondary N) is 2. The quantitative estimate of drug-likeness (QED) is 0.633. The van der Waals surface area contributed by atoms with Crippen LogP contribution in [0.25, 0.3) is 0 Å². The maximum Gasteiger partial charge on any atom is 0.326 e. The number of aliphatic carboxylic acids is 1. The lowest BCUT2D eigenvalue weighted by atomic mass is 10.0. The molecule has 6 nitrogen and oxygen atoms in total. The molecular weight excluding hydrogens is 344 g/mol. The van der Waals surface area contributed by atoms with Crippen LogP contribution < -0.4 is 10.6 Å². The van der Waals surface area contributed by atoms with Crippen LogP contribution in [0.2, 0.25) is 0 Å². The van der Waals surface area contributed by atoms with E-state index in [-0.39, 0.29) is 12.3 Å². The molecule has 6 heteroatoms. The fraction of sp³-hybridized carbons (Fsp3) is 0.286. The fourth-order valence-electron chi connectivity index (χ4n) is 2.71. The number of amides is 2. The highest BCUT2D eigenvalue weighted by Gasteiger charge is 2.26. The molecule has 2 rings (SSSR count). The summed E-state index contributed by atoms with van der Waals surface area (Å²) in [7, 11) is 0. The van der Waals surface area contributed by atoms with Crippen LogP contribution in [0, 0.1) is 0 Å². The summed E-state index contributed by atoms with van der Waals surface area (Å²) in [4.78, 5) is 36.6. The molecule has 0 spiro atoms. The van der Waals surface area contributed by atoms with E-state index < -0.39 is 24.0 Å². The zero-order valence-electron chi connectivity index (χ0n) is 15.2. The van der Waals surface area contributed by atoms with Crippen molar-refractivity contribution in [3.8, 4) is 0 Å². The summed E-state index contributed by atoms with van der Waals surface area (Å²) in [5, 5.41) is 14.5. The van der Waals surface area contributed by atoms with Gasteiger partial charge in [0.1, 0.15) is 12.1 Å². The highest BCUT2D eigenvalue weighted by molar-refractivity contribution is 5.98. The number of carbonyl (C=O) groups is 3. The Hall–Kier alpha value is -3.15. The van der Waals surface area contributed by atoms with Crippen molar-refractivity contribution in [2.75, 3.05) is 0 Å². The summed E-state index contributed by atoms with van der Waals surface area (Å²) in [6, 6.07) is 16.0. The molecule has 0 aliphatic carbocycles. The molecule has 2 atom stereocenters. The molecule has 0 saturated carbocycles. The van der Waals surface area contributed by atoms with Crippen molar-refractivity contribution in [2.45, 2.75) is 38.3 Å². The van der Waals surface area contributed by atoms with Gasteiger partial charge >= 0.3 is 5.97 Å². The van der Waals surface area contributed by atoms with Crippen LogP contribution in [-0.2, 0) is 16.0 Å². The van der Waals surface area contributed by atoms with Gasteiger partial charge in [-0.1, -0.05) is 61.9 Å². The first-order valence-electron chi connectivity index (χ1n) is 8.94. The third-order valence-electron chi connectivity index (χ3n) is 4.13. The van der Waals surface area contributed by atoms with Gasteiger partial charge in [-0.3, -0.25) is 9.59 Å². The SMILES string of the molecule is CCCC(NC(=O)C(Cc1ccccc1)NC(=O)c1ccccc1)C(=O)O. The van der Waals surface area contributed by atoms with E-state index in [9.17, 15) is 19.5 Å². The first-order chi connectivity index (χ1) is 13.0. The standard InChI is InChI=1S/C21H24N2O4/c1-2-9-17(21(26)27)22-20(25)18(14-15-10-5-3-6-11-15)23-19(24)16-12-7-4-8-13-16/h3-8,10-13,17-18H,2,9,14H2,1H3,(H,22,25)(H,23,24)(H,26,27). The van der Waals surface area contributed by atoms with Crippen LogP contribution in [0.1, 0.15) is 35.7 Å². The molecule has 0 aliphatic rings. The van der Waals surface area contributed by atoms with E-state index in [1.165, 1.54) is 0 Å². The summed E-state index contributed by atoms with van der Waals surface area (Å²) in [6.07, 6.45) is 1.21. The topological polar surface area (TPSA) is 95.5 Å². The predicted molar refractivity (Wildman–Crippen MR) is 102 cm³/mol. The Kier molecular flexibility index (Phi) is 7.55. The van der Waals surface area contributed by atoms with Gasteiger partial charge in [-0.2, -0.15) is 0 Å². The molecule has 0 fully saturated rings. The average Bonchev–Trinajstić information content (AvgIpc) is 2.68. The van der Waals surface area contributed by atoms with E-state index in [1.807, 2.05) is 37.3 Å². The highest BCUT2D eigenvalue weighted by Crippen LogP contribution is 2.07. The second-order valence-electron chi connectivity index (χ2n) is 6.27. The lowest BCUT2D eigenvalue weighted by molar-refractivity contribution is -0.142. The van der Waals surface area contributed by atoms with Gasteiger partial charge in [0, 0.05) is 12.0 Å². The molecule has 0 radical (unpaired) electrons. The molecule has 2 amide bonds. The first-order valence-corrected chi connectivity index (χ1v) is 8.94. The fourth-order valence-corrected chi connectivity index (χ4v) is 2.71. The monoisotopic (exact) mass is 368 g/mol.